The van der Waals surface area contributed by atoms with Gasteiger partial charge >= 0.3 is 0 Å². The highest BCUT2D eigenvalue weighted by Crippen LogP contribution is 2.55. The second-order valence-electron chi connectivity index (χ2n) is 16.8. The van der Waals surface area contributed by atoms with E-state index in [1.165, 1.54) is 125 Å². The lowest BCUT2D eigenvalue weighted by atomic mass is 9.78. The number of nitrogens with zero attached hydrogens (tertiary/aromatic N) is 1. The third kappa shape index (κ3) is 5.26. The number of benzene rings is 6. The van der Waals surface area contributed by atoms with E-state index in [0.29, 0.717) is 5.92 Å². The molecule has 254 valence electrons. The summed E-state index contributed by atoms with van der Waals surface area (Å²) >= 11 is 0. The molecule has 3 unspecified atom stereocenters. The summed E-state index contributed by atoms with van der Waals surface area (Å²) < 4.78 is 0. The molecule has 4 aliphatic carbocycles. The fraction of sp³-hybridized carbons (Fsp3) is 0.320. The van der Waals surface area contributed by atoms with E-state index in [0.717, 1.165) is 17.8 Å². The Morgan fingerprint density at radius 3 is 2.10 bits per heavy atom. The van der Waals surface area contributed by atoms with E-state index in [-0.39, 0.29) is 5.41 Å². The first-order valence-electron chi connectivity index (χ1n) is 19.8. The Hall–Kier alpha value is -4.62. The molecule has 0 spiro atoms. The van der Waals surface area contributed by atoms with Gasteiger partial charge in [-0.2, -0.15) is 0 Å². The molecular weight excluding hydrogens is 615 g/mol. The molecule has 0 N–H and O–H groups in total. The van der Waals surface area contributed by atoms with E-state index in [2.05, 4.69) is 146 Å². The van der Waals surface area contributed by atoms with Gasteiger partial charge in [-0.25, -0.2) is 0 Å². The Balaban J connectivity index is 1.07. The van der Waals surface area contributed by atoms with Crippen LogP contribution in [0.5, 0.6) is 0 Å². The second kappa shape index (κ2) is 12.3. The van der Waals surface area contributed by atoms with Crippen molar-refractivity contribution in [1.29, 1.82) is 0 Å². The largest absolute Gasteiger partial charge is 0.310 e. The Morgan fingerprint density at radius 2 is 1.29 bits per heavy atom. The van der Waals surface area contributed by atoms with Crippen molar-refractivity contribution in [3.05, 3.63) is 150 Å². The van der Waals surface area contributed by atoms with Crippen LogP contribution in [0.4, 0.5) is 17.1 Å². The van der Waals surface area contributed by atoms with Gasteiger partial charge in [-0.1, -0.05) is 124 Å². The number of rotatable bonds is 6. The first-order valence-corrected chi connectivity index (χ1v) is 19.8. The number of hydrogen-bond acceptors (Lipinski definition) is 1. The highest BCUT2D eigenvalue weighted by molar-refractivity contribution is 5.93. The van der Waals surface area contributed by atoms with Gasteiger partial charge in [-0.3, -0.25) is 0 Å². The molecule has 1 heteroatoms. The zero-order chi connectivity index (χ0) is 34.1. The lowest BCUT2D eigenvalue weighted by molar-refractivity contribution is 0.420. The second-order valence-corrected chi connectivity index (χ2v) is 16.8. The highest BCUT2D eigenvalue weighted by Gasteiger charge is 2.40. The van der Waals surface area contributed by atoms with E-state index in [4.69, 9.17) is 0 Å². The van der Waals surface area contributed by atoms with Crippen molar-refractivity contribution in [1.82, 2.24) is 0 Å². The lowest BCUT2D eigenvalue weighted by Crippen LogP contribution is -2.18. The first kappa shape index (κ1) is 31.1. The summed E-state index contributed by atoms with van der Waals surface area (Å²) in [6, 6.07) is 49.2. The predicted molar refractivity (Wildman–Crippen MR) is 216 cm³/mol. The summed E-state index contributed by atoms with van der Waals surface area (Å²) in [6.07, 6.45) is 12.4. The fourth-order valence-electron chi connectivity index (χ4n) is 10.9. The average molecular weight is 664 g/mol. The molecule has 10 rings (SSSR count). The first-order chi connectivity index (χ1) is 25.0. The van der Waals surface area contributed by atoms with Gasteiger partial charge < -0.3 is 4.90 Å². The Bertz CT molecular complexity index is 2250. The van der Waals surface area contributed by atoms with Gasteiger partial charge in [0.25, 0.3) is 0 Å². The third-order valence-corrected chi connectivity index (χ3v) is 13.5. The molecule has 0 heterocycles. The predicted octanol–water partition coefficient (Wildman–Crippen LogP) is 14.2. The van der Waals surface area contributed by atoms with Crippen molar-refractivity contribution in [2.45, 2.75) is 88.9 Å². The highest BCUT2D eigenvalue weighted by atomic mass is 15.1. The van der Waals surface area contributed by atoms with Gasteiger partial charge in [0.2, 0.25) is 0 Å². The Morgan fingerprint density at radius 1 is 0.529 bits per heavy atom. The van der Waals surface area contributed by atoms with Crippen molar-refractivity contribution >= 4 is 27.8 Å². The quantitative estimate of drug-likeness (QED) is 0.171. The molecule has 0 radical (unpaired) electrons. The zero-order valence-electron chi connectivity index (χ0n) is 30.2. The minimum atomic E-state index is -0.149. The molecule has 3 atom stereocenters. The van der Waals surface area contributed by atoms with Crippen LogP contribution in [0.1, 0.15) is 106 Å². The summed E-state index contributed by atoms with van der Waals surface area (Å²) in [5.41, 5.74) is 14.9. The summed E-state index contributed by atoms with van der Waals surface area (Å²) in [4.78, 5) is 2.54. The smallest absolute Gasteiger partial charge is 0.0465 e. The van der Waals surface area contributed by atoms with Crippen LogP contribution < -0.4 is 4.90 Å². The summed E-state index contributed by atoms with van der Waals surface area (Å²) in [5.74, 6) is 3.27. The molecular formula is C50H49N. The summed E-state index contributed by atoms with van der Waals surface area (Å²) in [5, 5.41) is 2.58. The van der Waals surface area contributed by atoms with Crippen molar-refractivity contribution in [3.8, 4) is 22.3 Å². The maximum Gasteiger partial charge on any atom is 0.0465 e. The van der Waals surface area contributed by atoms with E-state index in [1.807, 2.05) is 0 Å². The van der Waals surface area contributed by atoms with Gasteiger partial charge in [-0.05, 0) is 154 Å². The van der Waals surface area contributed by atoms with Crippen LogP contribution in [0.2, 0.25) is 0 Å². The maximum absolute atomic E-state index is 2.54. The summed E-state index contributed by atoms with van der Waals surface area (Å²) in [7, 11) is 0. The van der Waals surface area contributed by atoms with E-state index in [1.54, 1.807) is 5.56 Å². The van der Waals surface area contributed by atoms with Gasteiger partial charge in [0.15, 0.2) is 0 Å². The van der Waals surface area contributed by atoms with Gasteiger partial charge in [0.05, 0.1) is 0 Å². The molecule has 4 aliphatic rings. The monoisotopic (exact) mass is 663 g/mol. The molecule has 3 saturated carbocycles. The van der Waals surface area contributed by atoms with E-state index < -0.39 is 0 Å². The molecule has 0 saturated heterocycles. The number of hydrogen-bond donors (Lipinski definition) is 0. The van der Waals surface area contributed by atoms with Crippen LogP contribution in [0.3, 0.4) is 0 Å². The zero-order valence-corrected chi connectivity index (χ0v) is 30.2. The molecule has 51 heavy (non-hydrogen) atoms. The van der Waals surface area contributed by atoms with Crippen molar-refractivity contribution in [2.24, 2.45) is 11.8 Å². The fourth-order valence-corrected chi connectivity index (χ4v) is 10.9. The van der Waals surface area contributed by atoms with Crippen LogP contribution >= 0.6 is 0 Å². The molecule has 0 aromatic heterocycles. The summed E-state index contributed by atoms with van der Waals surface area (Å²) in [6.45, 7) is 4.87. The Labute approximate surface area is 304 Å². The van der Waals surface area contributed by atoms with E-state index in [9.17, 15) is 0 Å². The molecule has 0 amide bonds. The van der Waals surface area contributed by atoms with Crippen molar-refractivity contribution in [3.63, 3.8) is 0 Å². The van der Waals surface area contributed by atoms with Gasteiger partial charge in [0, 0.05) is 22.5 Å². The minimum absolute atomic E-state index is 0.149. The Kier molecular flexibility index (Phi) is 7.49. The number of anilines is 3. The van der Waals surface area contributed by atoms with Gasteiger partial charge in [0.1, 0.15) is 0 Å². The maximum atomic E-state index is 2.54. The third-order valence-electron chi connectivity index (χ3n) is 13.5. The molecule has 1 nitrogen and oxygen atoms in total. The van der Waals surface area contributed by atoms with Gasteiger partial charge in [-0.15, -0.1) is 0 Å². The minimum Gasteiger partial charge on any atom is -0.310 e. The SMILES string of the molecule is CC1(C)c2cc(N(c3ccc(C4CC5CCC4C5)cc3)c3cccc(C4CCCCC4)c3)ccc2-c2cccc(-c3ccc4ccccc4c3)c21. The van der Waals surface area contributed by atoms with E-state index >= 15 is 0 Å². The molecule has 0 aliphatic heterocycles. The molecule has 3 fully saturated rings. The molecule has 6 aromatic carbocycles. The van der Waals surface area contributed by atoms with Crippen molar-refractivity contribution in [2.75, 3.05) is 4.90 Å². The molecule has 2 bridgehead atoms. The van der Waals surface area contributed by atoms with Crippen molar-refractivity contribution < 1.29 is 0 Å². The average Bonchev–Trinajstić information content (AvgIpc) is 3.88. The normalized spacial score (nSPS) is 21.9. The number of fused-ring (bicyclic) bond motifs is 6. The molecule has 6 aromatic rings. The van der Waals surface area contributed by atoms with Crippen LogP contribution in [0, 0.1) is 11.8 Å². The van der Waals surface area contributed by atoms with Crippen LogP contribution in [0.15, 0.2) is 127 Å². The standard InChI is InChI=1S/C50H49N/c1-50(2)48-32-43(26-27-45(48)46-17-9-16-44(49(46)50)40-21-20-35-12-6-7-13-37(35)30-40)51(42-15-8-14-38(31-42)34-10-4-3-5-11-34)41-24-22-36(23-25-41)47-29-33-18-19-39(47)28-33/h6-9,12-17,20-27,30-34,39,47H,3-5,10-11,18-19,28-29H2,1-2H3. The van der Waals surface area contributed by atoms with Crippen LogP contribution in [-0.2, 0) is 5.41 Å². The van der Waals surface area contributed by atoms with Crippen LogP contribution in [0.25, 0.3) is 33.0 Å². The lowest BCUT2D eigenvalue weighted by Gasteiger charge is -2.30. The topological polar surface area (TPSA) is 3.24 Å². The van der Waals surface area contributed by atoms with Crippen LogP contribution in [-0.4, -0.2) is 0 Å².